The van der Waals surface area contributed by atoms with Crippen LogP contribution in [0, 0.1) is 0 Å². The second-order valence-corrected chi connectivity index (χ2v) is 6.91. The van der Waals surface area contributed by atoms with E-state index in [0.29, 0.717) is 11.5 Å². The third kappa shape index (κ3) is 3.76. The number of ether oxygens (including phenoxy) is 4. The third-order valence-electron chi connectivity index (χ3n) is 4.99. The zero-order valence-corrected chi connectivity index (χ0v) is 17.4. The Balaban J connectivity index is 1.71. The average Bonchev–Trinajstić information content (AvgIpc) is 3.19. The fraction of sp³-hybridized carbons (Fsp3) is 0.304. The van der Waals surface area contributed by atoms with Crippen molar-refractivity contribution in [3.8, 4) is 0 Å². The molecule has 0 N–H and O–H groups in total. The molecular weight excluding hydrogens is 400 g/mol. The van der Waals surface area contributed by atoms with Crippen LogP contribution in [0.1, 0.15) is 25.0 Å². The van der Waals surface area contributed by atoms with E-state index < -0.39 is 18.0 Å². The van der Waals surface area contributed by atoms with Gasteiger partial charge in [-0.2, -0.15) is 0 Å². The van der Waals surface area contributed by atoms with E-state index in [2.05, 4.69) is 0 Å². The SMILES string of the molecule is CCOC(=O)N1CC2=C(CN1C(=O)OCC)OC(c1ccccc1)(c1ccccc1)O2. The molecule has 31 heavy (non-hydrogen) atoms. The summed E-state index contributed by atoms with van der Waals surface area (Å²) in [4.78, 5) is 25.1. The summed E-state index contributed by atoms with van der Waals surface area (Å²) in [5.74, 6) is -0.305. The molecule has 2 heterocycles. The van der Waals surface area contributed by atoms with E-state index in [4.69, 9.17) is 18.9 Å². The predicted octanol–water partition coefficient (Wildman–Crippen LogP) is 3.99. The number of nitrogens with zero attached hydrogens (tertiary/aromatic N) is 2. The fourth-order valence-electron chi connectivity index (χ4n) is 3.61. The van der Waals surface area contributed by atoms with Gasteiger partial charge in [0.2, 0.25) is 0 Å². The summed E-state index contributed by atoms with van der Waals surface area (Å²) < 4.78 is 23.1. The van der Waals surface area contributed by atoms with Crippen molar-refractivity contribution in [1.82, 2.24) is 10.0 Å². The Morgan fingerprint density at radius 2 is 1.16 bits per heavy atom. The summed E-state index contributed by atoms with van der Waals surface area (Å²) >= 11 is 0. The highest BCUT2D eigenvalue weighted by atomic mass is 16.7. The van der Waals surface area contributed by atoms with E-state index in [9.17, 15) is 9.59 Å². The van der Waals surface area contributed by atoms with Crippen LogP contribution in [0.3, 0.4) is 0 Å². The van der Waals surface area contributed by atoms with Gasteiger partial charge in [-0.25, -0.2) is 19.6 Å². The van der Waals surface area contributed by atoms with E-state index in [0.717, 1.165) is 11.1 Å². The molecule has 0 atom stereocenters. The van der Waals surface area contributed by atoms with E-state index >= 15 is 0 Å². The van der Waals surface area contributed by atoms with Gasteiger partial charge in [0.05, 0.1) is 13.2 Å². The highest BCUT2D eigenvalue weighted by Crippen LogP contribution is 2.46. The van der Waals surface area contributed by atoms with Crippen LogP contribution in [0.15, 0.2) is 72.2 Å². The lowest BCUT2D eigenvalue weighted by Gasteiger charge is -2.35. The summed E-state index contributed by atoms with van der Waals surface area (Å²) in [6, 6.07) is 19.1. The summed E-state index contributed by atoms with van der Waals surface area (Å²) in [7, 11) is 0. The smallest absolute Gasteiger partial charge is 0.429 e. The van der Waals surface area contributed by atoms with Crippen LogP contribution < -0.4 is 0 Å². The van der Waals surface area contributed by atoms with Crippen LogP contribution in [-0.2, 0) is 24.7 Å². The van der Waals surface area contributed by atoms with Crippen molar-refractivity contribution in [3.63, 3.8) is 0 Å². The molecule has 0 saturated carbocycles. The molecule has 2 amide bonds. The number of carbonyl (C=O) groups excluding carboxylic acids is 2. The van der Waals surface area contributed by atoms with E-state index in [1.54, 1.807) is 13.8 Å². The molecular formula is C23H24N2O6. The van der Waals surface area contributed by atoms with Crippen LogP contribution in [-0.4, -0.2) is 48.5 Å². The van der Waals surface area contributed by atoms with Crippen molar-refractivity contribution in [2.75, 3.05) is 26.3 Å². The molecule has 8 nitrogen and oxygen atoms in total. The van der Waals surface area contributed by atoms with Gasteiger partial charge in [0.25, 0.3) is 0 Å². The van der Waals surface area contributed by atoms with E-state index in [1.165, 1.54) is 10.0 Å². The van der Waals surface area contributed by atoms with Gasteiger partial charge in [0, 0.05) is 11.1 Å². The molecule has 162 valence electrons. The predicted molar refractivity (Wildman–Crippen MR) is 110 cm³/mol. The van der Waals surface area contributed by atoms with Gasteiger partial charge < -0.3 is 18.9 Å². The maximum absolute atomic E-state index is 12.5. The van der Waals surface area contributed by atoms with Gasteiger partial charge in [-0.15, -0.1) is 0 Å². The van der Waals surface area contributed by atoms with Gasteiger partial charge in [-0.1, -0.05) is 60.7 Å². The number of benzene rings is 2. The number of rotatable bonds is 4. The van der Waals surface area contributed by atoms with Crippen molar-refractivity contribution in [2.45, 2.75) is 19.6 Å². The molecule has 0 radical (unpaired) electrons. The van der Waals surface area contributed by atoms with Gasteiger partial charge >= 0.3 is 18.0 Å². The van der Waals surface area contributed by atoms with E-state index in [1.807, 2.05) is 60.7 Å². The van der Waals surface area contributed by atoms with Gasteiger partial charge in [-0.05, 0) is 13.8 Å². The van der Waals surface area contributed by atoms with Crippen molar-refractivity contribution >= 4 is 12.2 Å². The Hall–Kier alpha value is -3.68. The van der Waals surface area contributed by atoms with Crippen LogP contribution >= 0.6 is 0 Å². The molecule has 2 aromatic rings. The van der Waals surface area contributed by atoms with Gasteiger partial charge in [0.15, 0.2) is 11.5 Å². The minimum Gasteiger partial charge on any atom is -0.448 e. The zero-order valence-electron chi connectivity index (χ0n) is 17.4. The van der Waals surface area contributed by atoms with Crippen LogP contribution in [0.5, 0.6) is 0 Å². The second-order valence-electron chi connectivity index (χ2n) is 6.91. The molecule has 2 aliphatic heterocycles. The highest BCUT2D eigenvalue weighted by molar-refractivity contribution is 5.75. The van der Waals surface area contributed by atoms with Crippen molar-refractivity contribution in [3.05, 3.63) is 83.3 Å². The van der Waals surface area contributed by atoms with Crippen LogP contribution in [0.2, 0.25) is 0 Å². The van der Waals surface area contributed by atoms with Crippen molar-refractivity contribution < 1.29 is 28.5 Å². The molecule has 0 aliphatic carbocycles. The molecule has 0 saturated heterocycles. The summed E-state index contributed by atoms with van der Waals surface area (Å²) in [6.07, 6.45) is -1.33. The largest absolute Gasteiger partial charge is 0.448 e. The number of carbonyl (C=O) groups is 2. The first-order valence-electron chi connectivity index (χ1n) is 10.2. The fourth-order valence-corrected chi connectivity index (χ4v) is 3.61. The Morgan fingerprint density at radius 1 is 0.774 bits per heavy atom. The van der Waals surface area contributed by atoms with Gasteiger partial charge in [-0.3, -0.25) is 0 Å². The molecule has 0 spiro atoms. The average molecular weight is 424 g/mol. The number of hydrogen-bond acceptors (Lipinski definition) is 6. The quantitative estimate of drug-likeness (QED) is 0.739. The normalized spacial score (nSPS) is 16.8. The minimum atomic E-state index is -1.22. The summed E-state index contributed by atoms with van der Waals surface area (Å²) in [5.41, 5.74) is 1.59. The lowest BCUT2D eigenvalue weighted by molar-refractivity contribution is -0.127. The molecule has 4 rings (SSSR count). The Labute approximate surface area is 180 Å². The zero-order chi connectivity index (χ0) is 21.8. The summed E-state index contributed by atoms with van der Waals surface area (Å²) in [6.45, 7) is 3.71. The lowest BCUT2D eigenvalue weighted by atomic mass is 9.97. The van der Waals surface area contributed by atoms with Crippen LogP contribution in [0.4, 0.5) is 9.59 Å². The molecule has 2 aliphatic rings. The minimum absolute atomic E-state index is 0.0194. The van der Waals surface area contributed by atoms with E-state index in [-0.39, 0.29) is 26.3 Å². The van der Waals surface area contributed by atoms with Crippen LogP contribution in [0.25, 0.3) is 0 Å². The Morgan fingerprint density at radius 3 is 1.52 bits per heavy atom. The maximum atomic E-state index is 12.5. The molecule has 2 aromatic carbocycles. The third-order valence-corrected chi connectivity index (χ3v) is 4.99. The second kappa shape index (κ2) is 8.59. The molecule has 0 bridgehead atoms. The number of hydrogen-bond donors (Lipinski definition) is 0. The molecule has 8 heteroatoms. The van der Waals surface area contributed by atoms with Gasteiger partial charge in [0.1, 0.15) is 13.1 Å². The van der Waals surface area contributed by atoms with Crippen molar-refractivity contribution in [1.29, 1.82) is 0 Å². The first kappa shape index (κ1) is 20.6. The molecule has 0 unspecified atom stereocenters. The molecule has 0 aromatic heterocycles. The Bertz CT molecular complexity index is 897. The highest BCUT2D eigenvalue weighted by Gasteiger charge is 2.50. The Kier molecular flexibility index (Phi) is 5.70. The van der Waals surface area contributed by atoms with Crippen molar-refractivity contribution in [2.24, 2.45) is 0 Å². The standard InChI is InChI=1S/C23H24N2O6/c1-3-28-21(26)24-15-19-20(16-25(24)22(27)29-4-2)31-23(30-19,17-11-7-5-8-12-17)18-13-9-6-10-14-18/h5-14H,3-4,15-16H2,1-2H3. The first-order valence-corrected chi connectivity index (χ1v) is 10.2. The number of hydrazine groups is 1. The first-order chi connectivity index (χ1) is 15.1. The lowest BCUT2D eigenvalue weighted by Crippen LogP contribution is -2.54. The summed E-state index contributed by atoms with van der Waals surface area (Å²) in [5, 5.41) is 2.35. The number of amides is 2. The topological polar surface area (TPSA) is 77.5 Å². The maximum Gasteiger partial charge on any atom is 0.429 e. The monoisotopic (exact) mass is 424 g/mol. The molecule has 0 fully saturated rings.